The van der Waals surface area contributed by atoms with Crippen LogP contribution >= 0.6 is 0 Å². The molecule has 1 unspecified atom stereocenters. The van der Waals surface area contributed by atoms with Gasteiger partial charge in [-0.05, 0) is 25.7 Å². The highest BCUT2D eigenvalue weighted by molar-refractivity contribution is 5.92. The molecule has 1 heterocycles. The number of hydrogen-bond acceptors (Lipinski definition) is 4. The zero-order valence-electron chi connectivity index (χ0n) is 9.69. The van der Waals surface area contributed by atoms with E-state index in [1.54, 1.807) is 13.0 Å². The molecule has 0 saturated heterocycles. The number of aryl methyl sites for hydroxylation is 1. The van der Waals surface area contributed by atoms with Crippen LogP contribution in [0.4, 0.5) is 0 Å². The molecule has 0 bridgehead atoms. The van der Waals surface area contributed by atoms with Crippen LogP contribution in [0.1, 0.15) is 36.0 Å². The molecule has 0 saturated carbocycles. The highest BCUT2D eigenvalue weighted by atomic mass is 16.5. The molecule has 0 aliphatic rings. The number of rotatable bonds is 6. The summed E-state index contributed by atoms with van der Waals surface area (Å²) in [5.74, 6) is 0.693. The van der Waals surface area contributed by atoms with E-state index in [0.717, 1.165) is 12.8 Å². The summed E-state index contributed by atoms with van der Waals surface area (Å²) in [5.41, 5.74) is 0.313. The summed E-state index contributed by atoms with van der Waals surface area (Å²) in [5, 5.41) is 15.2. The molecule has 16 heavy (non-hydrogen) atoms. The molecule has 0 radical (unpaired) electrons. The maximum Gasteiger partial charge on any atom is 0.273 e. The first kappa shape index (κ1) is 12.7. The van der Waals surface area contributed by atoms with Gasteiger partial charge in [0.05, 0.1) is 0 Å². The summed E-state index contributed by atoms with van der Waals surface area (Å²) in [4.78, 5) is 11.5. The number of carbonyl (C=O) groups excluding carboxylic acids is 1. The van der Waals surface area contributed by atoms with Gasteiger partial charge in [-0.1, -0.05) is 12.1 Å². The van der Waals surface area contributed by atoms with Gasteiger partial charge in [-0.25, -0.2) is 0 Å². The fraction of sp³-hybridized carbons (Fsp3) is 0.636. The minimum Gasteiger partial charge on any atom is -0.396 e. The number of aliphatic hydroxyl groups excluding tert-OH is 1. The first-order chi connectivity index (χ1) is 7.63. The summed E-state index contributed by atoms with van der Waals surface area (Å²) in [7, 11) is 0. The quantitative estimate of drug-likeness (QED) is 0.713. The molecule has 1 aromatic rings. The van der Waals surface area contributed by atoms with E-state index in [0.29, 0.717) is 18.0 Å². The second-order valence-electron chi connectivity index (χ2n) is 4.01. The number of nitrogens with zero attached hydrogens (tertiary/aromatic N) is 1. The Balaban J connectivity index is 2.21. The van der Waals surface area contributed by atoms with Crippen LogP contribution in [0.3, 0.4) is 0 Å². The van der Waals surface area contributed by atoms with E-state index >= 15 is 0 Å². The molecule has 0 fully saturated rings. The fourth-order valence-corrected chi connectivity index (χ4v) is 1.31. The van der Waals surface area contributed by atoms with Gasteiger partial charge in [0.1, 0.15) is 5.76 Å². The maximum absolute atomic E-state index is 11.5. The van der Waals surface area contributed by atoms with E-state index < -0.39 is 0 Å². The van der Waals surface area contributed by atoms with Crippen molar-refractivity contribution >= 4 is 5.91 Å². The van der Waals surface area contributed by atoms with Crippen molar-refractivity contribution in [1.82, 2.24) is 10.5 Å². The normalized spacial score (nSPS) is 12.4. The number of aromatic nitrogens is 1. The molecule has 5 heteroatoms. The van der Waals surface area contributed by atoms with Gasteiger partial charge in [-0.2, -0.15) is 0 Å². The number of amides is 1. The Kier molecular flexibility index (Phi) is 4.98. The molecule has 1 amide bonds. The van der Waals surface area contributed by atoms with Gasteiger partial charge in [0.15, 0.2) is 5.69 Å². The third kappa shape index (κ3) is 4.02. The molecular weight excluding hydrogens is 208 g/mol. The molecule has 0 aromatic carbocycles. The Labute approximate surface area is 94.8 Å². The monoisotopic (exact) mass is 226 g/mol. The highest BCUT2D eigenvalue weighted by Gasteiger charge is 2.09. The van der Waals surface area contributed by atoms with Gasteiger partial charge in [-0.15, -0.1) is 0 Å². The van der Waals surface area contributed by atoms with E-state index in [2.05, 4.69) is 10.5 Å². The number of carbonyl (C=O) groups is 1. The number of aliphatic hydroxyl groups is 1. The van der Waals surface area contributed by atoms with Crippen molar-refractivity contribution in [2.45, 2.75) is 26.7 Å². The second kappa shape index (κ2) is 6.27. The fourth-order valence-electron chi connectivity index (χ4n) is 1.31. The standard InChI is InChI=1S/C11H18N2O3/c1-8(7-14)4-3-5-12-11(15)10-6-9(2)16-13-10/h6,8,14H,3-5,7H2,1-2H3,(H,12,15). The van der Waals surface area contributed by atoms with Gasteiger partial charge in [0, 0.05) is 19.2 Å². The summed E-state index contributed by atoms with van der Waals surface area (Å²) in [6.45, 7) is 4.50. The summed E-state index contributed by atoms with van der Waals surface area (Å²) >= 11 is 0. The molecule has 5 nitrogen and oxygen atoms in total. The van der Waals surface area contributed by atoms with Crippen LogP contribution in [0.15, 0.2) is 10.6 Å². The van der Waals surface area contributed by atoms with Crippen molar-refractivity contribution in [2.24, 2.45) is 5.92 Å². The van der Waals surface area contributed by atoms with E-state index in [1.165, 1.54) is 0 Å². The zero-order valence-corrected chi connectivity index (χ0v) is 9.69. The van der Waals surface area contributed by atoms with Gasteiger partial charge < -0.3 is 14.9 Å². The van der Waals surface area contributed by atoms with Crippen LogP contribution in [0.5, 0.6) is 0 Å². The van der Waals surface area contributed by atoms with Crippen molar-refractivity contribution in [2.75, 3.05) is 13.2 Å². The molecule has 90 valence electrons. The lowest BCUT2D eigenvalue weighted by Crippen LogP contribution is -2.25. The smallest absolute Gasteiger partial charge is 0.273 e. The van der Waals surface area contributed by atoms with E-state index in [1.807, 2.05) is 6.92 Å². The van der Waals surface area contributed by atoms with Crippen LogP contribution in [0.25, 0.3) is 0 Å². The van der Waals surface area contributed by atoms with Crippen molar-refractivity contribution in [3.05, 3.63) is 17.5 Å². The van der Waals surface area contributed by atoms with Crippen LogP contribution in [0.2, 0.25) is 0 Å². The molecule has 1 rings (SSSR count). The van der Waals surface area contributed by atoms with Gasteiger partial charge in [-0.3, -0.25) is 4.79 Å². The van der Waals surface area contributed by atoms with Gasteiger partial charge in [0.25, 0.3) is 5.91 Å². The Morgan fingerprint density at radius 2 is 2.44 bits per heavy atom. The first-order valence-electron chi connectivity index (χ1n) is 5.46. The minimum atomic E-state index is -0.214. The summed E-state index contributed by atoms with van der Waals surface area (Å²) < 4.78 is 4.80. The third-order valence-corrected chi connectivity index (χ3v) is 2.33. The lowest BCUT2D eigenvalue weighted by Gasteiger charge is -2.07. The molecule has 0 aliphatic heterocycles. The number of hydrogen-bond donors (Lipinski definition) is 2. The van der Waals surface area contributed by atoms with Gasteiger partial charge >= 0.3 is 0 Å². The lowest BCUT2D eigenvalue weighted by atomic mass is 10.1. The highest BCUT2D eigenvalue weighted by Crippen LogP contribution is 2.04. The Bertz CT molecular complexity index is 336. The zero-order chi connectivity index (χ0) is 12.0. The Morgan fingerprint density at radius 1 is 1.69 bits per heavy atom. The van der Waals surface area contributed by atoms with Crippen molar-refractivity contribution in [3.63, 3.8) is 0 Å². The average molecular weight is 226 g/mol. The topological polar surface area (TPSA) is 75.4 Å². The van der Waals surface area contributed by atoms with Crippen LogP contribution in [-0.4, -0.2) is 29.3 Å². The van der Waals surface area contributed by atoms with Crippen molar-refractivity contribution in [3.8, 4) is 0 Å². The predicted octanol–water partition coefficient (Wildman–Crippen LogP) is 1.12. The van der Waals surface area contributed by atoms with E-state index in [9.17, 15) is 4.79 Å². The average Bonchev–Trinajstić information content (AvgIpc) is 2.70. The van der Waals surface area contributed by atoms with Crippen LogP contribution < -0.4 is 5.32 Å². The Hall–Kier alpha value is -1.36. The molecular formula is C11H18N2O3. The molecule has 0 aliphatic carbocycles. The largest absolute Gasteiger partial charge is 0.396 e. The summed E-state index contributed by atoms with van der Waals surface area (Å²) in [6.07, 6.45) is 1.75. The minimum absolute atomic E-state index is 0.191. The molecule has 1 aromatic heterocycles. The molecule has 2 N–H and O–H groups in total. The van der Waals surface area contributed by atoms with Gasteiger partial charge in [0.2, 0.25) is 0 Å². The number of nitrogens with one attached hydrogen (secondary N) is 1. The predicted molar refractivity (Wildman–Crippen MR) is 59.1 cm³/mol. The summed E-state index contributed by atoms with van der Waals surface area (Å²) in [6, 6.07) is 1.60. The first-order valence-corrected chi connectivity index (χ1v) is 5.46. The Morgan fingerprint density at radius 3 is 3.00 bits per heavy atom. The van der Waals surface area contributed by atoms with E-state index in [-0.39, 0.29) is 18.4 Å². The molecule has 1 atom stereocenters. The van der Waals surface area contributed by atoms with Crippen LogP contribution in [-0.2, 0) is 0 Å². The maximum atomic E-state index is 11.5. The SMILES string of the molecule is Cc1cc(C(=O)NCCCC(C)CO)no1. The lowest BCUT2D eigenvalue weighted by molar-refractivity contribution is 0.0943. The van der Waals surface area contributed by atoms with E-state index in [4.69, 9.17) is 9.63 Å². The van der Waals surface area contributed by atoms with Crippen molar-refractivity contribution < 1.29 is 14.4 Å². The second-order valence-corrected chi connectivity index (χ2v) is 4.01. The van der Waals surface area contributed by atoms with Crippen LogP contribution in [0, 0.1) is 12.8 Å². The van der Waals surface area contributed by atoms with Crippen molar-refractivity contribution in [1.29, 1.82) is 0 Å². The third-order valence-electron chi connectivity index (χ3n) is 2.33. The molecule has 0 spiro atoms.